The molecule has 0 radical (unpaired) electrons. The van der Waals surface area contributed by atoms with Gasteiger partial charge in [-0.05, 0) is 34.1 Å². The first-order valence-corrected chi connectivity index (χ1v) is 10.6. The van der Waals surface area contributed by atoms with Gasteiger partial charge in [0.2, 0.25) is 11.8 Å². The van der Waals surface area contributed by atoms with E-state index < -0.39 is 0 Å². The SMILES string of the molecule is CCOc1nc(N2CCNC(C)CC2)ncc1C(=O)Nc1cn2cc(C)nc2c(C)n1. The van der Waals surface area contributed by atoms with Gasteiger partial charge in [-0.1, -0.05) is 0 Å². The van der Waals surface area contributed by atoms with Crippen molar-refractivity contribution in [3.8, 4) is 5.88 Å². The minimum atomic E-state index is -0.371. The number of nitrogens with zero attached hydrogens (tertiary/aromatic N) is 6. The van der Waals surface area contributed by atoms with Crippen LogP contribution in [0, 0.1) is 13.8 Å². The number of imidazole rings is 1. The quantitative estimate of drug-likeness (QED) is 0.640. The Kier molecular flexibility index (Phi) is 5.99. The van der Waals surface area contributed by atoms with Crippen LogP contribution in [-0.4, -0.2) is 62.5 Å². The summed E-state index contributed by atoms with van der Waals surface area (Å²) in [6, 6.07) is 0.453. The third kappa shape index (κ3) is 4.58. The van der Waals surface area contributed by atoms with Crippen LogP contribution in [0.3, 0.4) is 0 Å². The fourth-order valence-corrected chi connectivity index (χ4v) is 3.64. The minimum Gasteiger partial charge on any atom is -0.477 e. The van der Waals surface area contributed by atoms with E-state index in [0.717, 1.165) is 43.1 Å². The van der Waals surface area contributed by atoms with Crippen LogP contribution in [0.2, 0.25) is 0 Å². The van der Waals surface area contributed by atoms with Gasteiger partial charge in [0.25, 0.3) is 5.91 Å². The molecular weight excluding hydrogens is 396 g/mol. The zero-order valence-corrected chi connectivity index (χ0v) is 18.3. The molecule has 0 saturated carbocycles. The molecule has 1 atom stereocenters. The summed E-state index contributed by atoms with van der Waals surface area (Å²) in [5.74, 6) is 0.891. The van der Waals surface area contributed by atoms with Crippen molar-refractivity contribution >= 4 is 23.3 Å². The number of amides is 1. The largest absolute Gasteiger partial charge is 0.477 e. The van der Waals surface area contributed by atoms with Crippen molar-refractivity contribution in [1.82, 2.24) is 29.7 Å². The molecule has 0 aliphatic carbocycles. The fourth-order valence-electron chi connectivity index (χ4n) is 3.64. The van der Waals surface area contributed by atoms with E-state index in [0.29, 0.717) is 24.4 Å². The first-order valence-electron chi connectivity index (χ1n) is 10.6. The molecule has 1 saturated heterocycles. The lowest BCUT2D eigenvalue weighted by atomic mass is 10.2. The molecule has 31 heavy (non-hydrogen) atoms. The van der Waals surface area contributed by atoms with Gasteiger partial charge in [-0.3, -0.25) is 4.79 Å². The first-order chi connectivity index (χ1) is 14.9. The summed E-state index contributed by atoms with van der Waals surface area (Å²) in [5, 5.41) is 6.29. The number of aryl methyl sites for hydroxylation is 2. The maximum atomic E-state index is 13.0. The highest BCUT2D eigenvalue weighted by Gasteiger charge is 2.21. The average molecular weight is 425 g/mol. The topological polar surface area (TPSA) is 110 Å². The molecule has 0 aromatic carbocycles. The Morgan fingerprint density at radius 2 is 2.10 bits per heavy atom. The number of aromatic nitrogens is 5. The lowest BCUT2D eigenvalue weighted by Crippen LogP contribution is -2.30. The molecular formula is C21H28N8O2. The molecule has 4 heterocycles. The summed E-state index contributed by atoms with van der Waals surface area (Å²) in [7, 11) is 0. The first kappa shape index (κ1) is 21.0. The summed E-state index contributed by atoms with van der Waals surface area (Å²) < 4.78 is 7.54. The molecule has 0 spiro atoms. The Hall–Kier alpha value is -3.27. The van der Waals surface area contributed by atoms with E-state index in [1.165, 1.54) is 6.20 Å². The van der Waals surface area contributed by atoms with E-state index in [4.69, 9.17) is 4.74 Å². The number of carbonyl (C=O) groups excluding carboxylic acids is 1. The van der Waals surface area contributed by atoms with Gasteiger partial charge in [0.15, 0.2) is 5.65 Å². The van der Waals surface area contributed by atoms with Gasteiger partial charge in [-0.15, -0.1) is 0 Å². The summed E-state index contributed by atoms with van der Waals surface area (Å²) in [4.78, 5) is 33.0. The standard InChI is InChI=1S/C21H28N8O2/c1-5-31-20-16(10-23-21(27-20)28-8-6-13(2)22-7-9-28)19(30)26-17-12-29-11-14(3)24-18(29)15(4)25-17/h10-13,22H,5-9H2,1-4H3,(H,26,30). The van der Waals surface area contributed by atoms with Crippen molar-refractivity contribution in [2.24, 2.45) is 0 Å². The van der Waals surface area contributed by atoms with Crippen LogP contribution in [-0.2, 0) is 0 Å². The molecule has 1 amide bonds. The Morgan fingerprint density at radius 1 is 1.26 bits per heavy atom. The van der Waals surface area contributed by atoms with Crippen molar-refractivity contribution in [2.45, 2.75) is 40.2 Å². The van der Waals surface area contributed by atoms with Gasteiger partial charge >= 0.3 is 0 Å². The number of hydrogen-bond donors (Lipinski definition) is 2. The predicted molar refractivity (Wildman–Crippen MR) is 118 cm³/mol. The zero-order chi connectivity index (χ0) is 22.0. The molecule has 1 aliphatic heterocycles. The molecule has 10 heteroatoms. The smallest absolute Gasteiger partial charge is 0.263 e. The van der Waals surface area contributed by atoms with E-state index >= 15 is 0 Å². The van der Waals surface area contributed by atoms with Gasteiger partial charge in [0, 0.05) is 38.1 Å². The number of rotatable bonds is 5. The lowest BCUT2D eigenvalue weighted by molar-refractivity contribution is 0.102. The van der Waals surface area contributed by atoms with Crippen molar-refractivity contribution in [2.75, 3.05) is 36.5 Å². The van der Waals surface area contributed by atoms with Gasteiger partial charge in [-0.25, -0.2) is 15.0 Å². The van der Waals surface area contributed by atoms with Crippen molar-refractivity contribution < 1.29 is 9.53 Å². The van der Waals surface area contributed by atoms with Crippen molar-refractivity contribution in [3.63, 3.8) is 0 Å². The van der Waals surface area contributed by atoms with E-state index in [2.05, 4.69) is 42.4 Å². The van der Waals surface area contributed by atoms with Crippen LogP contribution in [0.4, 0.5) is 11.8 Å². The Balaban J connectivity index is 1.58. The highest BCUT2D eigenvalue weighted by Crippen LogP contribution is 2.21. The van der Waals surface area contributed by atoms with Crippen LogP contribution < -0.4 is 20.3 Å². The zero-order valence-electron chi connectivity index (χ0n) is 18.3. The third-order valence-corrected chi connectivity index (χ3v) is 5.22. The highest BCUT2D eigenvalue weighted by molar-refractivity contribution is 6.05. The molecule has 1 aliphatic rings. The summed E-state index contributed by atoms with van der Waals surface area (Å²) >= 11 is 0. The molecule has 3 aromatic heterocycles. The van der Waals surface area contributed by atoms with Crippen molar-refractivity contribution in [1.29, 1.82) is 0 Å². The van der Waals surface area contributed by atoms with Crippen LogP contribution in [0.5, 0.6) is 5.88 Å². The summed E-state index contributed by atoms with van der Waals surface area (Å²) in [6.45, 7) is 10.7. The van der Waals surface area contributed by atoms with Crippen LogP contribution in [0.15, 0.2) is 18.6 Å². The van der Waals surface area contributed by atoms with Gasteiger partial charge in [0.1, 0.15) is 11.4 Å². The number of fused-ring (bicyclic) bond motifs is 1. The molecule has 1 fully saturated rings. The number of hydrogen-bond acceptors (Lipinski definition) is 8. The van der Waals surface area contributed by atoms with Crippen LogP contribution in [0.25, 0.3) is 5.65 Å². The Labute approximate surface area is 181 Å². The van der Waals surface area contributed by atoms with E-state index in [1.807, 2.05) is 31.4 Å². The number of ether oxygens (including phenoxy) is 1. The summed E-state index contributed by atoms with van der Waals surface area (Å²) in [5.41, 5.74) is 2.65. The molecule has 3 aromatic rings. The lowest BCUT2D eigenvalue weighted by Gasteiger charge is -2.21. The Bertz CT molecular complexity index is 1100. The summed E-state index contributed by atoms with van der Waals surface area (Å²) in [6.07, 6.45) is 6.15. The highest BCUT2D eigenvalue weighted by atomic mass is 16.5. The van der Waals surface area contributed by atoms with Crippen LogP contribution in [0.1, 0.15) is 42.0 Å². The molecule has 10 nitrogen and oxygen atoms in total. The third-order valence-electron chi connectivity index (χ3n) is 5.22. The predicted octanol–water partition coefficient (Wildman–Crippen LogP) is 1.98. The van der Waals surface area contributed by atoms with Crippen molar-refractivity contribution in [3.05, 3.63) is 35.5 Å². The monoisotopic (exact) mass is 424 g/mol. The number of anilines is 2. The maximum absolute atomic E-state index is 13.0. The Morgan fingerprint density at radius 3 is 2.90 bits per heavy atom. The second-order valence-corrected chi connectivity index (χ2v) is 7.73. The van der Waals surface area contributed by atoms with Gasteiger partial charge in [0.05, 0.1) is 24.2 Å². The van der Waals surface area contributed by atoms with Gasteiger partial charge in [-0.2, -0.15) is 4.98 Å². The molecule has 164 valence electrons. The van der Waals surface area contributed by atoms with E-state index in [1.54, 1.807) is 6.20 Å². The number of nitrogens with one attached hydrogen (secondary N) is 2. The molecule has 1 unspecified atom stereocenters. The van der Waals surface area contributed by atoms with Crippen LogP contribution >= 0.6 is 0 Å². The molecule has 2 N–H and O–H groups in total. The normalized spacial score (nSPS) is 16.9. The maximum Gasteiger partial charge on any atom is 0.263 e. The fraction of sp³-hybridized carbons (Fsp3) is 0.476. The van der Waals surface area contributed by atoms with E-state index in [-0.39, 0.29) is 17.4 Å². The van der Waals surface area contributed by atoms with E-state index in [9.17, 15) is 4.79 Å². The minimum absolute atomic E-state index is 0.270. The van der Waals surface area contributed by atoms with Gasteiger partial charge < -0.3 is 24.7 Å². The molecule has 4 rings (SSSR count). The molecule has 0 bridgehead atoms. The average Bonchev–Trinajstić information content (AvgIpc) is 2.97. The number of carbonyl (C=O) groups is 1. The second kappa shape index (κ2) is 8.84. The second-order valence-electron chi connectivity index (χ2n) is 7.73.